The molecule has 1 aliphatic heterocycles. The van der Waals surface area contributed by atoms with Gasteiger partial charge in [0.05, 0.1) is 13.1 Å². The molecule has 0 saturated carbocycles. The van der Waals surface area contributed by atoms with Gasteiger partial charge in [-0.3, -0.25) is 19.5 Å². The molecule has 0 bridgehead atoms. The van der Waals surface area contributed by atoms with Crippen LogP contribution in [0, 0.1) is 11.8 Å². The summed E-state index contributed by atoms with van der Waals surface area (Å²) in [5.41, 5.74) is 1.80. The monoisotopic (exact) mass is 366 g/mol. The second-order valence-corrected chi connectivity index (χ2v) is 6.41. The molecule has 2 heterocycles. The lowest BCUT2D eigenvalue weighted by molar-refractivity contribution is -0.121. The molecule has 1 amide bonds. The molecule has 2 aromatic rings. The van der Waals surface area contributed by atoms with Crippen molar-refractivity contribution < 1.29 is 4.79 Å². The fraction of sp³-hybridized carbons (Fsp3) is 0.350. The van der Waals surface area contributed by atoms with Gasteiger partial charge in [0.2, 0.25) is 5.91 Å². The summed E-state index contributed by atoms with van der Waals surface area (Å²) in [4.78, 5) is 38.8. The van der Waals surface area contributed by atoms with Crippen LogP contribution in [0.15, 0.2) is 46.1 Å². The zero-order chi connectivity index (χ0) is 19.1. The number of hydrogen-bond acceptors (Lipinski definition) is 4. The van der Waals surface area contributed by atoms with Gasteiger partial charge in [0.15, 0.2) is 0 Å². The molecular weight excluding hydrogens is 344 g/mol. The fourth-order valence-electron chi connectivity index (χ4n) is 2.99. The van der Waals surface area contributed by atoms with Crippen LogP contribution in [-0.2, 0) is 24.3 Å². The van der Waals surface area contributed by atoms with E-state index in [2.05, 4.69) is 51.3 Å². The lowest BCUT2D eigenvalue weighted by Gasteiger charge is -2.26. The number of aromatic nitrogens is 2. The van der Waals surface area contributed by atoms with E-state index in [0.717, 1.165) is 19.5 Å². The van der Waals surface area contributed by atoms with Crippen molar-refractivity contribution in [1.29, 1.82) is 0 Å². The zero-order valence-corrected chi connectivity index (χ0v) is 15.0. The van der Waals surface area contributed by atoms with Gasteiger partial charge in [-0.05, 0) is 17.5 Å². The summed E-state index contributed by atoms with van der Waals surface area (Å²) in [5, 5.41) is 2.72. The quantitative estimate of drug-likeness (QED) is 0.735. The molecule has 1 aliphatic rings. The molecule has 0 saturated heterocycles. The van der Waals surface area contributed by atoms with Crippen molar-refractivity contribution in [3.8, 4) is 11.8 Å². The Kier molecular flexibility index (Phi) is 6.23. The number of rotatable bonds is 5. The highest BCUT2D eigenvalue weighted by molar-refractivity contribution is 5.76. The van der Waals surface area contributed by atoms with Gasteiger partial charge < -0.3 is 9.88 Å². The first kappa shape index (κ1) is 18.7. The van der Waals surface area contributed by atoms with Crippen molar-refractivity contribution in [3.05, 3.63) is 68.5 Å². The molecule has 7 nitrogen and oxygen atoms in total. The summed E-state index contributed by atoms with van der Waals surface area (Å²) < 4.78 is 1.29. The van der Waals surface area contributed by atoms with Gasteiger partial charge in [-0.25, -0.2) is 4.79 Å². The summed E-state index contributed by atoms with van der Waals surface area (Å²) in [5.74, 6) is 5.88. The zero-order valence-electron chi connectivity index (χ0n) is 15.0. The minimum absolute atomic E-state index is 0.149. The molecule has 0 aliphatic carbocycles. The Morgan fingerprint density at radius 3 is 2.78 bits per heavy atom. The topological polar surface area (TPSA) is 87.2 Å². The summed E-state index contributed by atoms with van der Waals surface area (Å²) in [6.45, 7) is 3.07. The van der Waals surface area contributed by atoms with E-state index >= 15 is 0 Å². The van der Waals surface area contributed by atoms with Crippen LogP contribution in [-0.4, -0.2) is 40.0 Å². The van der Waals surface area contributed by atoms with Gasteiger partial charge in [0.1, 0.15) is 0 Å². The number of nitrogens with one attached hydrogen (secondary N) is 2. The highest BCUT2D eigenvalue weighted by Crippen LogP contribution is 2.17. The van der Waals surface area contributed by atoms with Crippen LogP contribution in [0.25, 0.3) is 0 Å². The largest absolute Gasteiger partial charge is 0.345 e. The number of H-pyrrole nitrogens is 1. The minimum atomic E-state index is -0.516. The van der Waals surface area contributed by atoms with Crippen LogP contribution in [0.3, 0.4) is 0 Å². The van der Waals surface area contributed by atoms with Crippen LogP contribution in [0.5, 0.6) is 0 Å². The second kappa shape index (κ2) is 9.01. The summed E-state index contributed by atoms with van der Waals surface area (Å²) >= 11 is 0. The number of aryl methyl sites for hydroxylation is 1. The fourth-order valence-corrected chi connectivity index (χ4v) is 2.99. The number of aromatic amines is 1. The van der Waals surface area contributed by atoms with Crippen LogP contribution < -0.4 is 16.6 Å². The van der Waals surface area contributed by atoms with E-state index in [0.29, 0.717) is 6.54 Å². The molecule has 1 aromatic carbocycles. The molecular formula is C20H22N4O3. The summed E-state index contributed by atoms with van der Waals surface area (Å²) in [7, 11) is 0. The van der Waals surface area contributed by atoms with E-state index in [1.165, 1.54) is 28.0 Å². The van der Waals surface area contributed by atoms with E-state index in [1.807, 2.05) is 0 Å². The number of benzene rings is 1. The van der Waals surface area contributed by atoms with E-state index < -0.39 is 11.2 Å². The Bertz CT molecular complexity index is 981. The third kappa shape index (κ3) is 5.43. The average Bonchev–Trinajstić information content (AvgIpc) is 2.67. The summed E-state index contributed by atoms with van der Waals surface area (Å²) in [6, 6.07) is 9.72. The van der Waals surface area contributed by atoms with Crippen LogP contribution >= 0.6 is 0 Å². The summed E-state index contributed by atoms with van der Waals surface area (Å²) in [6.07, 6.45) is 2.57. The Balaban J connectivity index is 1.37. The van der Waals surface area contributed by atoms with Crippen LogP contribution in [0.4, 0.5) is 0 Å². The van der Waals surface area contributed by atoms with Gasteiger partial charge in [-0.15, -0.1) is 0 Å². The lowest BCUT2D eigenvalue weighted by atomic mass is 10.0. The molecule has 1 aromatic heterocycles. The Morgan fingerprint density at radius 1 is 1.15 bits per heavy atom. The smallest absolute Gasteiger partial charge is 0.328 e. The molecule has 140 valence electrons. The third-order valence-electron chi connectivity index (χ3n) is 4.49. The standard InChI is InChI=1S/C20H22N4O3/c25-18(8-13-24-14-9-19(26)22-20(24)27)21-10-3-4-11-23-12-7-16-5-1-2-6-17(16)15-23/h1-2,5-6,9,14H,7-8,10-13,15H2,(H,21,25)(H,22,26,27). The predicted molar refractivity (Wildman–Crippen MR) is 102 cm³/mol. The van der Waals surface area contributed by atoms with Crippen molar-refractivity contribution in [2.45, 2.75) is 25.9 Å². The normalized spacial score (nSPS) is 13.3. The number of amides is 1. The molecule has 3 rings (SSSR count). The average molecular weight is 366 g/mol. The molecule has 7 heteroatoms. The number of nitrogens with zero attached hydrogens (tertiary/aromatic N) is 2. The first-order chi connectivity index (χ1) is 13.1. The van der Waals surface area contributed by atoms with Gasteiger partial charge in [0.25, 0.3) is 5.56 Å². The van der Waals surface area contributed by atoms with Gasteiger partial charge in [-0.2, -0.15) is 0 Å². The molecule has 0 radical (unpaired) electrons. The van der Waals surface area contributed by atoms with Gasteiger partial charge >= 0.3 is 5.69 Å². The van der Waals surface area contributed by atoms with E-state index in [-0.39, 0.29) is 25.4 Å². The Labute approximate surface area is 157 Å². The van der Waals surface area contributed by atoms with Crippen LogP contribution in [0.1, 0.15) is 17.5 Å². The highest BCUT2D eigenvalue weighted by Gasteiger charge is 2.14. The molecule has 27 heavy (non-hydrogen) atoms. The molecule has 0 spiro atoms. The van der Waals surface area contributed by atoms with Crippen molar-refractivity contribution >= 4 is 5.91 Å². The maximum absolute atomic E-state index is 11.8. The van der Waals surface area contributed by atoms with Crippen molar-refractivity contribution in [3.63, 3.8) is 0 Å². The number of hydrogen-bond donors (Lipinski definition) is 2. The molecule has 0 atom stereocenters. The first-order valence-electron chi connectivity index (χ1n) is 8.93. The minimum Gasteiger partial charge on any atom is -0.345 e. The van der Waals surface area contributed by atoms with E-state index in [9.17, 15) is 14.4 Å². The third-order valence-corrected chi connectivity index (χ3v) is 4.49. The molecule has 0 fully saturated rings. The van der Waals surface area contributed by atoms with Gasteiger partial charge in [0, 0.05) is 38.3 Å². The maximum Gasteiger partial charge on any atom is 0.328 e. The van der Waals surface area contributed by atoms with E-state index in [1.54, 1.807) is 0 Å². The first-order valence-corrected chi connectivity index (χ1v) is 8.93. The van der Waals surface area contributed by atoms with Crippen LogP contribution in [0.2, 0.25) is 0 Å². The Hall–Kier alpha value is -3.11. The number of carbonyl (C=O) groups is 1. The number of fused-ring (bicyclic) bond motifs is 1. The van der Waals surface area contributed by atoms with Crippen molar-refractivity contribution in [2.24, 2.45) is 0 Å². The SMILES string of the molecule is O=C(CCn1ccc(=O)[nH]c1=O)NCC#CCN1CCc2ccccc2C1. The van der Waals surface area contributed by atoms with Gasteiger partial charge in [-0.1, -0.05) is 36.1 Å². The predicted octanol–water partition coefficient (Wildman–Crippen LogP) is 0.105. The van der Waals surface area contributed by atoms with E-state index in [4.69, 9.17) is 0 Å². The van der Waals surface area contributed by atoms with Crippen molar-refractivity contribution in [2.75, 3.05) is 19.6 Å². The van der Waals surface area contributed by atoms with Crippen molar-refractivity contribution in [1.82, 2.24) is 19.8 Å². The second-order valence-electron chi connectivity index (χ2n) is 6.41. The number of carbonyl (C=O) groups excluding carboxylic acids is 1. The lowest BCUT2D eigenvalue weighted by Crippen LogP contribution is -2.31. The molecule has 2 N–H and O–H groups in total. The Morgan fingerprint density at radius 2 is 1.96 bits per heavy atom. The maximum atomic E-state index is 11.8. The molecule has 0 unspecified atom stereocenters. The highest BCUT2D eigenvalue weighted by atomic mass is 16.2.